The second-order valence-corrected chi connectivity index (χ2v) is 5.16. The summed E-state index contributed by atoms with van der Waals surface area (Å²) in [6, 6.07) is 5.88. The number of aryl methyl sites for hydroxylation is 1. The lowest BCUT2D eigenvalue weighted by Crippen LogP contribution is -1.95. The first-order chi connectivity index (χ1) is 8.63. The molecule has 18 heavy (non-hydrogen) atoms. The highest BCUT2D eigenvalue weighted by Crippen LogP contribution is 2.29. The van der Waals surface area contributed by atoms with Gasteiger partial charge in [-0.3, -0.25) is 0 Å². The van der Waals surface area contributed by atoms with E-state index in [1.807, 2.05) is 25.1 Å². The van der Waals surface area contributed by atoms with E-state index in [-0.39, 0.29) is 0 Å². The molecule has 0 fully saturated rings. The summed E-state index contributed by atoms with van der Waals surface area (Å²) in [5, 5.41) is 0.614. The summed E-state index contributed by atoms with van der Waals surface area (Å²) in [5.41, 5.74) is 7.84. The van der Waals surface area contributed by atoms with Gasteiger partial charge in [0.15, 0.2) is 16.6 Å². The molecule has 0 atom stereocenters. The topological polar surface area (TPSA) is 57.4 Å². The number of anilines is 1. The Hall–Kier alpha value is -1.75. The van der Waals surface area contributed by atoms with Crippen LogP contribution in [0.2, 0.25) is 0 Å². The quantitative estimate of drug-likeness (QED) is 0.922. The van der Waals surface area contributed by atoms with Gasteiger partial charge in [-0.1, -0.05) is 6.07 Å². The molecule has 2 N–H and O–H groups in total. The number of hydrogen-bond acceptors (Lipinski definition) is 5. The van der Waals surface area contributed by atoms with Crippen LogP contribution in [0.1, 0.15) is 16.1 Å². The third-order valence-corrected chi connectivity index (χ3v) is 3.57. The van der Waals surface area contributed by atoms with Crippen molar-refractivity contribution in [2.45, 2.75) is 13.3 Å². The average Bonchev–Trinajstić information content (AvgIpc) is 2.67. The van der Waals surface area contributed by atoms with Crippen LogP contribution in [0.15, 0.2) is 18.2 Å². The first-order valence-corrected chi connectivity index (χ1v) is 6.38. The zero-order valence-corrected chi connectivity index (χ0v) is 11.5. The number of nitrogens with zero attached hydrogens (tertiary/aromatic N) is 1. The normalized spacial score (nSPS) is 10.4. The molecular weight excluding hydrogens is 248 g/mol. The van der Waals surface area contributed by atoms with Crippen LogP contribution in [0, 0.1) is 6.92 Å². The summed E-state index contributed by atoms with van der Waals surface area (Å²) in [5.74, 6) is 1.46. The number of benzene rings is 1. The van der Waals surface area contributed by atoms with Crippen LogP contribution in [0.5, 0.6) is 11.5 Å². The van der Waals surface area contributed by atoms with Crippen molar-refractivity contribution >= 4 is 16.5 Å². The number of rotatable bonds is 4. The van der Waals surface area contributed by atoms with Crippen LogP contribution < -0.4 is 15.2 Å². The molecule has 1 aromatic heterocycles. The van der Waals surface area contributed by atoms with E-state index in [1.165, 1.54) is 11.3 Å². The molecule has 0 spiro atoms. The number of thiazole rings is 1. The van der Waals surface area contributed by atoms with E-state index in [2.05, 4.69) is 4.98 Å². The van der Waals surface area contributed by atoms with Gasteiger partial charge < -0.3 is 15.2 Å². The van der Waals surface area contributed by atoms with E-state index in [1.54, 1.807) is 14.2 Å². The van der Waals surface area contributed by atoms with Crippen LogP contribution in [0.4, 0.5) is 5.13 Å². The van der Waals surface area contributed by atoms with E-state index in [0.717, 1.165) is 34.1 Å². The molecule has 1 aromatic carbocycles. The van der Waals surface area contributed by atoms with Crippen LogP contribution in [0.3, 0.4) is 0 Å². The zero-order valence-electron chi connectivity index (χ0n) is 10.7. The van der Waals surface area contributed by atoms with Gasteiger partial charge in [0.2, 0.25) is 0 Å². The first-order valence-electron chi connectivity index (χ1n) is 5.56. The predicted octanol–water partition coefficient (Wildman–Crippen LogP) is 2.64. The summed E-state index contributed by atoms with van der Waals surface area (Å²) in [7, 11) is 3.26. The lowest BCUT2D eigenvalue weighted by Gasteiger charge is -2.09. The number of nitrogen functional groups attached to an aromatic ring is 1. The van der Waals surface area contributed by atoms with Gasteiger partial charge in [-0.2, -0.15) is 0 Å². The molecule has 0 aliphatic carbocycles. The standard InChI is InChI=1S/C13H16N2O2S/c1-8-10(15-13(14)18-8)6-9-4-5-11(16-2)12(7-9)17-3/h4-5,7H,6H2,1-3H3,(H2,14,15). The zero-order chi connectivity index (χ0) is 13.1. The molecule has 1 heterocycles. The molecule has 2 aromatic rings. The van der Waals surface area contributed by atoms with Gasteiger partial charge >= 0.3 is 0 Å². The summed E-state index contributed by atoms with van der Waals surface area (Å²) < 4.78 is 10.5. The number of ether oxygens (including phenoxy) is 2. The van der Waals surface area contributed by atoms with Gasteiger partial charge in [0.05, 0.1) is 19.9 Å². The Morgan fingerprint density at radius 3 is 2.50 bits per heavy atom. The SMILES string of the molecule is COc1ccc(Cc2nc(N)sc2C)cc1OC. The van der Waals surface area contributed by atoms with Crippen molar-refractivity contribution in [3.63, 3.8) is 0 Å². The minimum absolute atomic E-state index is 0.614. The Bertz CT molecular complexity index is 552. The molecule has 5 heteroatoms. The number of aromatic nitrogens is 1. The molecule has 0 saturated carbocycles. The fourth-order valence-electron chi connectivity index (χ4n) is 1.80. The van der Waals surface area contributed by atoms with E-state index in [0.29, 0.717) is 5.13 Å². The molecule has 0 radical (unpaired) electrons. The second kappa shape index (κ2) is 5.27. The highest BCUT2D eigenvalue weighted by molar-refractivity contribution is 7.15. The monoisotopic (exact) mass is 264 g/mol. The minimum Gasteiger partial charge on any atom is -0.493 e. The maximum atomic E-state index is 5.70. The van der Waals surface area contributed by atoms with Gasteiger partial charge in [-0.15, -0.1) is 11.3 Å². The van der Waals surface area contributed by atoms with Crippen molar-refractivity contribution in [1.29, 1.82) is 0 Å². The maximum absolute atomic E-state index is 5.70. The van der Waals surface area contributed by atoms with Gasteiger partial charge in [-0.05, 0) is 24.6 Å². The molecule has 0 aliphatic rings. The van der Waals surface area contributed by atoms with Gasteiger partial charge in [-0.25, -0.2) is 4.98 Å². The molecule has 0 saturated heterocycles. The van der Waals surface area contributed by atoms with Crippen molar-refractivity contribution in [2.24, 2.45) is 0 Å². The highest BCUT2D eigenvalue weighted by atomic mass is 32.1. The highest BCUT2D eigenvalue weighted by Gasteiger charge is 2.09. The van der Waals surface area contributed by atoms with E-state index < -0.39 is 0 Å². The third-order valence-electron chi connectivity index (χ3n) is 2.73. The maximum Gasteiger partial charge on any atom is 0.180 e. The molecule has 2 rings (SSSR count). The Labute approximate surface area is 110 Å². The molecular formula is C13H16N2O2S. The molecule has 4 nitrogen and oxygen atoms in total. The lowest BCUT2D eigenvalue weighted by molar-refractivity contribution is 0.354. The molecule has 96 valence electrons. The molecule has 0 aliphatic heterocycles. The van der Waals surface area contributed by atoms with Crippen molar-refractivity contribution in [1.82, 2.24) is 4.98 Å². The number of methoxy groups -OCH3 is 2. The average molecular weight is 264 g/mol. The van der Waals surface area contributed by atoms with E-state index >= 15 is 0 Å². The largest absolute Gasteiger partial charge is 0.493 e. The second-order valence-electron chi connectivity index (χ2n) is 3.92. The van der Waals surface area contributed by atoms with Crippen molar-refractivity contribution < 1.29 is 9.47 Å². The van der Waals surface area contributed by atoms with Gasteiger partial charge in [0, 0.05) is 11.3 Å². The predicted molar refractivity (Wildman–Crippen MR) is 73.6 cm³/mol. The summed E-state index contributed by atoms with van der Waals surface area (Å²) in [6.07, 6.45) is 0.750. The van der Waals surface area contributed by atoms with Gasteiger partial charge in [0.25, 0.3) is 0 Å². The minimum atomic E-state index is 0.614. The van der Waals surface area contributed by atoms with Crippen LogP contribution in [-0.4, -0.2) is 19.2 Å². The molecule has 0 unspecified atom stereocenters. The summed E-state index contributed by atoms with van der Waals surface area (Å²) in [6.45, 7) is 2.03. The van der Waals surface area contributed by atoms with Crippen molar-refractivity contribution in [3.05, 3.63) is 34.3 Å². The van der Waals surface area contributed by atoms with Crippen molar-refractivity contribution in [2.75, 3.05) is 20.0 Å². The van der Waals surface area contributed by atoms with Crippen LogP contribution >= 0.6 is 11.3 Å². The third kappa shape index (κ3) is 2.56. The van der Waals surface area contributed by atoms with Crippen LogP contribution in [0.25, 0.3) is 0 Å². The summed E-state index contributed by atoms with van der Waals surface area (Å²) >= 11 is 1.52. The molecule has 0 bridgehead atoms. The van der Waals surface area contributed by atoms with E-state index in [4.69, 9.17) is 15.2 Å². The number of hydrogen-bond donors (Lipinski definition) is 1. The van der Waals surface area contributed by atoms with Crippen molar-refractivity contribution in [3.8, 4) is 11.5 Å². The van der Waals surface area contributed by atoms with E-state index in [9.17, 15) is 0 Å². The fourth-order valence-corrected chi connectivity index (χ4v) is 2.50. The Morgan fingerprint density at radius 1 is 1.22 bits per heavy atom. The Kier molecular flexibility index (Phi) is 3.72. The van der Waals surface area contributed by atoms with Crippen LogP contribution in [-0.2, 0) is 6.42 Å². The van der Waals surface area contributed by atoms with Gasteiger partial charge in [0.1, 0.15) is 0 Å². The summed E-state index contributed by atoms with van der Waals surface area (Å²) in [4.78, 5) is 5.48. The Morgan fingerprint density at radius 2 is 1.94 bits per heavy atom. The Balaban J connectivity index is 2.27. The number of nitrogens with two attached hydrogens (primary N) is 1. The lowest BCUT2D eigenvalue weighted by atomic mass is 10.1. The first kappa shape index (κ1) is 12.7. The smallest absolute Gasteiger partial charge is 0.180 e. The fraction of sp³-hybridized carbons (Fsp3) is 0.308. The molecule has 0 amide bonds.